The van der Waals surface area contributed by atoms with Crippen LogP contribution >= 0.6 is 0 Å². The van der Waals surface area contributed by atoms with Gasteiger partial charge in [-0.05, 0) is 24.3 Å². The number of carbonyl (C=O) groups is 1. The number of hydrogen-bond acceptors (Lipinski definition) is 2. The van der Waals surface area contributed by atoms with Crippen molar-refractivity contribution >= 4 is 22.5 Å². The van der Waals surface area contributed by atoms with E-state index in [1.165, 1.54) is 0 Å². The highest BCUT2D eigenvalue weighted by Gasteiger charge is 2.28. The van der Waals surface area contributed by atoms with Crippen molar-refractivity contribution in [2.75, 3.05) is 5.32 Å². The molecule has 0 atom stereocenters. The smallest absolute Gasteiger partial charge is 0.319 e. The maximum Gasteiger partial charge on any atom is 0.319 e. The van der Waals surface area contributed by atoms with Gasteiger partial charge in [-0.3, -0.25) is 0 Å². The standard InChI is InChI=1S/C15H16N2O2/c18-12-8-11(9-12)16-15(19)17-14-7-3-5-10-4-1-2-6-13(10)14/h1-7,11-12,18H,8-9H2,(H2,16,17,19). The summed E-state index contributed by atoms with van der Waals surface area (Å²) in [7, 11) is 0. The third-order valence-electron chi connectivity index (χ3n) is 3.49. The largest absolute Gasteiger partial charge is 0.393 e. The number of aliphatic hydroxyl groups is 1. The van der Waals surface area contributed by atoms with Gasteiger partial charge in [0.15, 0.2) is 0 Å². The van der Waals surface area contributed by atoms with E-state index < -0.39 is 0 Å². The summed E-state index contributed by atoms with van der Waals surface area (Å²) in [6.07, 6.45) is 1.02. The predicted octanol–water partition coefficient (Wildman–Crippen LogP) is 2.48. The fourth-order valence-corrected chi connectivity index (χ4v) is 2.38. The Hall–Kier alpha value is -2.07. The molecule has 1 aliphatic carbocycles. The molecule has 0 spiro atoms. The van der Waals surface area contributed by atoms with Crippen LogP contribution in [-0.2, 0) is 0 Å². The molecule has 0 aromatic heterocycles. The molecule has 19 heavy (non-hydrogen) atoms. The molecule has 0 bridgehead atoms. The summed E-state index contributed by atoms with van der Waals surface area (Å²) in [5, 5.41) is 17.0. The maximum absolute atomic E-state index is 11.9. The van der Waals surface area contributed by atoms with Crippen molar-refractivity contribution in [3.05, 3.63) is 42.5 Å². The minimum Gasteiger partial charge on any atom is -0.393 e. The molecule has 2 amide bonds. The van der Waals surface area contributed by atoms with E-state index in [4.69, 9.17) is 0 Å². The molecule has 3 N–H and O–H groups in total. The van der Waals surface area contributed by atoms with E-state index in [-0.39, 0.29) is 18.2 Å². The summed E-state index contributed by atoms with van der Waals surface area (Å²) in [4.78, 5) is 11.9. The highest BCUT2D eigenvalue weighted by molar-refractivity contribution is 6.01. The highest BCUT2D eigenvalue weighted by Crippen LogP contribution is 2.23. The molecule has 0 unspecified atom stereocenters. The summed E-state index contributed by atoms with van der Waals surface area (Å²) in [5.74, 6) is 0. The minimum atomic E-state index is -0.261. The van der Waals surface area contributed by atoms with Crippen LogP contribution in [0.1, 0.15) is 12.8 Å². The molecule has 3 rings (SSSR count). The van der Waals surface area contributed by atoms with Crippen LogP contribution in [0.3, 0.4) is 0 Å². The highest BCUT2D eigenvalue weighted by atomic mass is 16.3. The van der Waals surface area contributed by atoms with Crippen LogP contribution < -0.4 is 10.6 Å². The van der Waals surface area contributed by atoms with Crippen LogP contribution in [0.2, 0.25) is 0 Å². The van der Waals surface area contributed by atoms with Gasteiger partial charge in [0.05, 0.1) is 11.8 Å². The lowest BCUT2D eigenvalue weighted by Crippen LogP contribution is -2.48. The zero-order valence-electron chi connectivity index (χ0n) is 10.5. The average Bonchev–Trinajstić information content (AvgIpc) is 2.37. The van der Waals surface area contributed by atoms with Crippen molar-refractivity contribution < 1.29 is 9.90 Å². The van der Waals surface area contributed by atoms with Gasteiger partial charge in [0, 0.05) is 11.4 Å². The van der Waals surface area contributed by atoms with Crippen molar-refractivity contribution in [1.82, 2.24) is 5.32 Å². The van der Waals surface area contributed by atoms with Crippen molar-refractivity contribution in [3.63, 3.8) is 0 Å². The lowest BCUT2D eigenvalue weighted by Gasteiger charge is -2.31. The Kier molecular flexibility index (Phi) is 3.09. The van der Waals surface area contributed by atoms with Crippen molar-refractivity contribution in [2.24, 2.45) is 0 Å². The molecule has 1 saturated carbocycles. The third-order valence-corrected chi connectivity index (χ3v) is 3.49. The second-order valence-electron chi connectivity index (χ2n) is 4.95. The van der Waals surface area contributed by atoms with E-state index in [1.54, 1.807) is 0 Å². The van der Waals surface area contributed by atoms with E-state index in [2.05, 4.69) is 10.6 Å². The van der Waals surface area contributed by atoms with Crippen molar-refractivity contribution in [3.8, 4) is 0 Å². The SMILES string of the molecule is O=C(Nc1cccc2ccccc12)NC1CC(O)C1. The quantitative estimate of drug-likeness (QED) is 0.773. The first-order chi connectivity index (χ1) is 9.22. The lowest BCUT2D eigenvalue weighted by molar-refractivity contribution is 0.0671. The molecule has 2 aromatic rings. The van der Waals surface area contributed by atoms with Crippen molar-refractivity contribution in [1.29, 1.82) is 0 Å². The van der Waals surface area contributed by atoms with Gasteiger partial charge < -0.3 is 15.7 Å². The zero-order chi connectivity index (χ0) is 13.2. The summed E-state index contributed by atoms with van der Waals surface area (Å²) >= 11 is 0. The second-order valence-corrected chi connectivity index (χ2v) is 4.95. The number of urea groups is 1. The first-order valence-corrected chi connectivity index (χ1v) is 6.46. The number of aliphatic hydroxyl groups excluding tert-OH is 1. The Morgan fingerprint density at radius 1 is 1.11 bits per heavy atom. The topological polar surface area (TPSA) is 61.4 Å². The van der Waals surface area contributed by atoms with Crippen LogP contribution in [0.5, 0.6) is 0 Å². The van der Waals surface area contributed by atoms with Crippen LogP contribution in [-0.4, -0.2) is 23.3 Å². The van der Waals surface area contributed by atoms with E-state index in [0.29, 0.717) is 12.8 Å². The summed E-state index contributed by atoms with van der Waals surface area (Å²) < 4.78 is 0. The normalized spacial score (nSPS) is 21.7. The first-order valence-electron chi connectivity index (χ1n) is 6.46. The maximum atomic E-state index is 11.9. The molecule has 0 radical (unpaired) electrons. The zero-order valence-corrected chi connectivity index (χ0v) is 10.5. The fourth-order valence-electron chi connectivity index (χ4n) is 2.38. The summed E-state index contributed by atoms with van der Waals surface area (Å²) in [6, 6.07) is 13.6. The summed E-state index contributed by atoms with van der Waals surface area (Å²) in [6.45, 7) is 0. The molecule has 4 heteroatoms. The summed E-state index contributed by atoms with van der Waals surface area (Å²) in [5.41, 5.74) is 0.801. The van der Waals surface area contributed by atoms with Gasteiger partial charge in [-0.2, -0.15) is 0 Å². The molecule has 0 saturated heterocycles. The monoisotopic (exact) mass is 256 g/mol. The minimum absolute atomic E-state index is 0.0879. The van der Waals surface area contributed by atoms with Gasteiger partial charge in [0.2, 0.25) is 0 Å². The Balaban J connectivity index is 1.72. The Morgan fingerprint density at radius 3 is 2.63 bits per heavy atom. The molecule has 98 valence electrons. The van der Waals surface area contributed by atoms with Gasteiger partial charge in [-0.1, -0.05) is 36.4 Å². The molecule has 0 aliphatic heterocycles. The number of fused-ring (bicyclic) bond motifs is 1. The van der Waals surface area contributed by atoms with Crippen LogP contribution in [0, 0.1) is 0 Å². The Labute approximate surface area is 111 Å². The number of rotatable bonds is 2. The van der Waals surface area contributed by atoms with Crippen molar-refractivity contribution in [2.45, 2.75) is 25.0 Å². The number of hydrogen-bond donors (Lipinski definition) is 3. The Bertz CT molecular complexity index is 601. The average molecular weight is 256 g/mol. The lowest BCUT2D eigenvalue weighted by atomic mass is 9.90. The molecule has 1 fully saturated rings. The molecule has 2 aromatic carbocycles. The molecule has 0 heterocycles. The third kappa shape index (κ3) is 2.53. The van der Waals surface area contributed by atoms with E-state index >= 15 is 0 Å². The van der Waals surface area contributed by atoms with Gasteiger partial charge in [0.1, 0.15) is 0 Å². The molecule has 1 aliphatic rings. The first kappa shape index (κ1) is 12.0. The van der Waals surface area contributed by atoms with Crippen LogP contribution in [0.4, 0.5) is 10.5 Å². The van der Waals surface area contributed by atoms with Crippen LogP contribution in [0.15, 0.2) is 42.5 Å². The van der Waals surface area contributed by atoms with Crippen LogP contribution in [0.25, 0.3) is 10.8 Å². The fraction of sp³-hybridized carbons (Fsp3) is 0.267. The molecule has 4 nitrogen and oxygen atoms in total. The van der Waals surface area contributed by atoms with Gasteiger partial charge in [-0.25, -0.2) is 4.79 Å². The number of carbonyl (C=O) groups excluding carboxylic acids is 1. The predicted molar refractivity (Wildman–Crippen MR) is 75.1 cm³/mol. The van der Waals surface area contributed by atoms with Gasteiger partial charge in [0.25, 0.3) is 0 Å². The van der Waals surface area contributed by atoms with Gasteiger partial charge in [-0.15, -0.1) is 0 Å². The molecular formula is C15H16N2O2. The Morgan fingerprint density at radius 2 is 1.84 bits per heavy atom. The number of amides is 2. The van der Waals surface area contributed by atoms with E-state index in [9.17, 15) is 9.90 Å². The number of nitrogens with one attached hydrogen (secondary N) is 2. The van der Waals surface area contributed by atoms with Gasteiger partial charge >= 0.3 is 6.03 Å². The molecular weight excluding hydrogens is 240 g/mol. The second kappa shape index (κ2) is 4.90. The number of anilines is 1. The number of benzene rings is 2. The van der Waals surface area contributed by atoms with E-state index in [1.807, 2.05) is 42.5 Å². The van der Waals surface area contributed by atoms with E-state index in [0.717, 1.165) is 16.5 Å².